The molecule has 156 valence electrons. The first-order valence-electron chi connectivity index (χ1n) is 10.4. The summed E-state index contributed by atoms with van der Waals surface area (Å²) in [6.07, 6.45) is 1.78. The zero-order valence-corrected chi connectivity index (χ0v) is 17.2. The Balaban J connectivity index is 1.73. The number of fused-ring (bicyclic) bond motifs is 1. The summed E-state index contributed by atoms with van der Waals surface area (Å²) < 4.78 is 0. The molecule has 2 aromatic rings. The number of amides is 2. The predicted octanol–water partition coefficient (Wildman–Crippen LogP) is 3.24. The quantitative estimate of drug-likeness (QED) is 0.719. The summed E-state index contributed by atoms with van der Waals surface area (Å²) in [4.78, 5) is 39.3. The summed E-state index contributed by atoms with van der Waals surface area (Å²) in [6.45, 7) is 1.98. The first kappa shape index (κ1) is 20.3. The van der Waals surface area contributed by atoms with E-state index in [0.717, 1.165) is 28.0 Å². The van der Waals surface area contributed by atoms with Gasteiger partial charge < -0.3 is 5.11 Å². The molecular weight excluding hydrogens is 380 g/mol. The topological polar surface area (TPSA) is 86.7 Å². The Morgan fingerprint density at radius 3 is 2.27 bits per heavy atom. The van der Waals surface area contributed by atoms with Gasteiger partial charge in [-0.3, -0.25) is 24.6 Å². The van der Waals surface area contributed by atoms with Crippen LogP contribution in [0.3, 0.4) is 0 Å². The van der Waals surface area contributed by atoms with E-state index < -0.39 is 35.3 Å². The lowest BCUT2D eigenvalue weighted by molar-refractivity contribution is -0.151. The monoisotopic (exact) mass is 406 g/mol. The van der Waals surface area contributed by atoms with E-state index in [0.29, 0.717) is 12.8 Å². The number of nitrogens with one attached hydrogen (secondary N) is 1. The van der Waals surface area contributed by atoms with Crippen LogP contribution in [-0.2, 0) is 14.4 Å². The van der Waals surface area contributed by atoms with Crippen LogP contribution in [0.2, 0.25) is 0 Å². The van der Waals surface area contributed by atoms with Crippen LogP contribution in [0.4, 0.5) is 0 Å². The number of benzene rings is 2. The average Bonchev–Trinajstić information content (AvgIpc) is 3.23. The number of carboxylic acid groups (broad SMARTS) is 1. The van der Waals surface area contributed by atoms with Gasteiger partial charge in [-0.2, -0.15) is 0 Å². The second kappa shape index (κ2) is 7.69. The molecule has 4 rings (SSSR count). The van der Waals surface area contributed by atoms with Crippen molar-refractivity contribution in [1.29, 1.82) is 0 Å². The summed E-state index contributed by atoms with van der Waals surface area (Å²) in [5, 5.41) is 13.4. The third-order valence-electron chi connectivity index (χ3n) is 6.56. The van der Waals surface area contributed by atoms with Gasteiger partial charge in [0.25, 0.3) is 0 Å². The van der Waals surface area contributed by atoms with Crippen molar-refractivity contribution >= 4 is 17.8 Å². The third kappa shape index (κ3) is 3.03. The normalized spacial score (nSPS) is 28.1. The van der Waals surface area contributed by atoms with E-state index in [-0.39, 0.29) is 5.91 Å². The van der Waals surface area contributed by atoms with E-state index in [4.69, 9.17) is 0 Å². The maximum atomic E-state index is 12.9. The summed E-state index contributed by atoms with van der Waals surface area (Å²) in [6, 6.07) is 17.2. The van der Waals surface area contributed by atoms with E-state index in [1.807, 2.05) is 61.5 Å². The summed E-state index contributed by atoms with van der Waals surface area (Å²) in [5.74, 6) is -3.38. The predicted molar refractivity (Wildman–Crippen MR) is 112 cm³/mol. The first-order chi connectivity index (χ1) is 14.4. The summed E-state index contributed by atoms with van der Waals surface area (Å²) in [7, 11) is 1.45. The molecule has 2 amide bonds. The van der Waals surface area contributed by atoms with E-state index in [2.05, 4.69) is 5.32 Å². The number of hydrogen-bond donors (Lipinski definition) is 2. The van der Waals surface area contributed by atoms with Crippen molar-refractivity contribution < 1.29 is 19.5 Å². The second-order valence-electron chi connectivity index (χ2n) is 8.23. The molecule has 0 aliphatic carbocycles. The molecule has 2 aromatic carbocycles. The van der Waals surface area contributed by atoms with Gasteiger partial charge >= 0.3 is 5.97 Å². The van der Waals surface area contributed by atoms with Gasteiger partial charge in [0.15, 0.2) is 0 Å². The number of aliphatic carboxylic acids is 1. The van der Waals surface area contributed by atoms with Crippen molar-refractivity contribution in [2.75, 3.05) is 7.05 Å². The molecule has 4 unspecified atom stereocenters. The molecule has 2 N–H and O–H groups in total. The number of carbonyl (C=O) groups excluding carboxylic acids is 2. The van der Waals surface area contributed by atoms with Crippen molar-refractivity contribution in [1.82, 2.24) is 10.2 Å². The smallest absolute Gasteiger partial charge is 0.324 e. The van der Waals surface area contributed by atoms with Crippen LogP contribution in [-0.4, -0.2) is 40.4 Å². The Hall–Kier alpha value is -2.99. The molecule has 0 radical (unpaired) electrons. The Morgan fingerprint density at radius 1 is 1.03 bits per heavy atom. The van der Waals surface area contributed by atoms with Crippen LogP contribution < -0.4 is 5.32 Å². The van der Waals surface area contributed by atoms with Crippen molar-refractivity contribution in [2.45, 2.75) is 37.8 Å². The highest BCUT2D eigenvalue weighted by Gasteiger charge is 2.67. The fourth-order valence-corrected chi connectivity index (χ4v) is 4.94. The summed E-state index contributed by atoms with van der Waals surface area (Å²) >= 11 is 0. The van der Waals surface area contributed by atoms with E-state index in [1.165, 1.54) is 7.05 Å². The lowest BCUT2D eigenvalue weighted by Crippen LogP contribution is -2.55. The average molecular weight is 406 g/mol. The van der Waals surface area contributed by atoms with Crippen LogP contribution in [0, 0.1) is 11.8 Å². The minimum atomic E-state index is -1.43. The third-order valence-corrected chi connectivity index (χ3v) is 6.56. The molecule has 0 saturated carbocycles. The van der Waals surface area contributed by atoms with E-state index in [1.54, 1.807) is 0 Å². The van der Waals surface area contributed by atoms with Crippen molar-refractivity contribution in [3.8, 4) is 11.1 Å². The molecule has 2 aliphatic rings. The lowest BCUT2D eigenvalue weighted by Gasteiger charge is -2.30. The maximum Gasteiger partial charge on any atom is 0.324 e. The highest BCUT2D eigenvalue weighted by molar-refractivity contribution is 6.09. The molecule has 0 spiro atoms. The van der Waals surface area contributed by atoms with Crippen LogP contribution >= 0.6 is 0 Å². The molecule has 2 saturated heterocycles. The van der Waals surface area contributed by atoms with Gasteiger partial charge in [0.1, 0.15) is 5.54 Å². The van der Waals surface area contributed by atoms with Gasteiger partial charge in [-0.05, 0) is 23.1 Å². The van der Waals surface area contributed by atoms with E-state index in [9.17, 15) is 19.5 Å². The molecule has 0 aromatic heterocycles. The van der Waals surface area contributed by atoms with Crippen LogP contribution in [0.1, 0.15) is 37.8 Å². The van der Waals surface area contributed by atoms with Crippen molar-refractivity contribution in [3.63, 3.8) is 0 Å². The molecule has 2 fully saturated rings. The largest absolute Gasteiger partial charge is 0.480 e. The highest BCUT2D eigenvalue weighted by atomic mass is 16.4. The number of hydrogen-bond acceptors (Lipinski definition) is 4. The van der Waals surface area contributed by atoms with E-state index >= 15 is 0 Å². The molecule has 0 bridgehead atoms. The number of carboxylic acids is 1. The number of carbonyl (C=O) groups is 3. The van der Waals surface area contributed by atoms with Gasteiger partial charge in [-0.1, -0.05) is 74.4 Å². The Kier molecular flexibility index (Phi) is 5.20. The molecule has 4 atom stereocenters. The van der Waals surface area contributed by atoms with Crippen molar-refractivity contribution in [2.24, 2.45) is 11.8 Å². The van der Waals surface area contributed by atoms with Crippen LogP contribution in [0.25, 0.3) is 11.1 Å². The number of nitrogens with zero attached hydrogens (tertiary/aromatic N) is 1. The minimum Gasteiger partial charge on any atom is -0.480 e. The van der Waals surface area contributed by atoms with Gasteiger partial charge in [-0.25, -0.2) is 0 Å². The Labute approximate surface area is 175 Å². The second-order valence-corrected chi connectivity index (χ2v) is 8.23. The highest BCUT2D eigenvalue weighted by Crippen LogP contribution is 2.50. The zero-order valence-electron chi connectivity index (χ0n) is 17.2. The maximum absolute atomic E-state index is 12.9. The van der Waals surface area contributed by atoms with Gasteiger partial charge in [-0.15, -0.1) is 0 Å². The molecule has 30 heavy (non-hydrogen) atoms. The van der Waals surface area contributed by atoms with Gasteiger partial charge in [0.05, 0.1) is 11.8 Å². The Morgan fingerprint density at radius 2 is 1.67 bits per heavy atom. The van der Waals surface area contributed by atoms with Gasteiger partial charge in [0, 0.05) is 13.1 Å². The number of rotatable bonds is 6. The zero-order chi connectivity index (χ0) is 21.5. The first-order valence-corrected chi connectivity index (χ1v) is 10.4. The van der Waals surface area contributed by atoms with Gasteiger partial charge in [0.2, 0.25) is 11.8 Å². The molecule has 6 nitrogen and oxygen atoms in total. The lowest BCUT2D eigenvalue weighted by atomic mass is 9.76. The SMILES string of the molecule is CCCCC1(C(=O)O)NC(c2ccc(-c3ccccc3)cc2)C2C(=O)N(C)C(=O)C21. The molecular formula is C24H26N2O4. The summed E-state index contributed by atoms with van der Waals surface area (Å²) in [5.41, 5.74) is 1.51. The Bertz CT molecular complexity index is 972. The fourth-order valence-electron chi connectivity index (χ4n) is 4.94. The number of unbranched alkanes of at least 4 members (excludes halogenated alkanes) is 1. The minimum absolute atomic E-state index is 0.311. The van der Waals surface area contributed by atoms with Crippen LogP contribution in [0.15, 0.2) is 54.6 Å². The fraction of sp³-hybridized carbons (Fsp3) is 0.375. The van der Waals surface area contributed by atoms with Crippen LogP contribution in [0.5, 0.6) is 0 Å². The molecule has 2 aliphatic heterocycles. The van der Waals surface area contributed by atoms with Crippen molar-refractivity contribution in [3.05, 3.63) is 60.2 Å². The molecule has 2 heterocycles. The number of likely N-dealkylation sites (tertiary alicyclic amines) is 1. The standard InChI is InChI=1S/C24H26N2O4/c1-3-4-14-24(23(29)30)19-18(21(27)26(2)22(19)28)20(25-24)17-12-10-16(11-13-17)15-8-6-5-7-9-15/h5-13,18-20,25H,3-4,14H2,1-2H3,(H,29,30). The molecule has 6 heteroatoms. The number of imide groups is 1.